The fraction of sp³-hybridized carbons (Fsp3) is 0.150. The lowest BCUT2D eigenvalue weighted by atomic mass is 10.2. The van der Waals surface area contributed by atoms with Crippen LogP contribution in [0.15, 0.2) is 65.3 Å². The van der Waals surface area contributed by atoms with Gasteiger partial charge in [0.15, 0.2) is 11.5 Å². The van der Waals surface area contributed by atoms with Crippen LogP contribution in [0.2, 0.25) is 0 Å². The largest absolute Gasteiger partial charge is 0.467 e. The summed E-state index contributed by atoms with van der Waals surface area (Å²) < 4.78 is 16.1. The van der Waals surface area contributed by atoms with E-state index in [1.54, 1.807) is 29.4 Å². The van der Waals surface area contributed by atoms with E-state index >= 15 is 0 Å². The molecule has 1 N–H and O–H groups in total. The molecule has 0 saturated carbocycles. The third-order valence-electron chi connectivity index (χ3n) is 4.35. The normalized spacial score (nSPS) is 11.9. The average molecular weight is 395 g/mol. The molecule has 148 valence electrons. The van der Waals surface area contributed by atoms with Crippen molar-refractivity contribution in [3.05, 3.63) is 82.3 Å². The van der Waals surface area contributed by atoms with E-state index in [1.165, 1.54) is 24.3 Å². The van der Waals surface area contributed by atoms with Gasteiger partial charge in [0, 0.05) is 24.4 Å². The summed E-state index contributed by atoms with van der Waals surface area (Å²) in [4.78, 5) is 24.7. The summed E-state index contributed by atoms with van der Waals surface area (Å²) in [5, 5.41) is 13.5. The molecule has 2 heterocycles. The van der Waals surface area contributed by atoms with Gasteiger partial charge in [0.1, 0.15) is 5.76 Å². The van der Waals surface area contributed by atoms with Gasteiger partial charge >= 0.3 is 6.03 Å². The van der Waals surface area contributed by atoms with Crippen molar-refractivity contribution >= 4 is 17.4 Å². The highest BCUT2D eigenvalue weighted by atomic mass is 16.7. The number of furan rings is 1. The van der Waals surface area contributed by atoms with Gasteiger partial charge in [0.25, 0.3) is 5.69 Å². The highest BCUT2D eigenvalue weighted by molar-refractivity contribution is 5.89. The number of nitrogens with zero attached hydrogens (tertiary/aromatic N) is 2. The van der Waals surface area contributed by atoms with Gasteiger partial charge in [0.2, 0.25) is 6.79 Å². The minimum Gasteiger partial charge on any atom is -0.467 e. The molecule has 9 nitrogen and oxygen atoms in total. The number of non-ortho nitro benzene ring substituents is 1. The van der Waals surface area contributed by atoms with Crippen molar-refractivity contribution in [3.8, 4) is 11.5 Å². The van der Waals surface area contributed by atoms with Gasteiger partial charge in [0.05, 0.1) is 17.7 Å². The SMILES string of the molecule is O=C(Nc1ccc([N+](=O)[O-])cc1)N(Cc1ccc2c(c1)OCO2)Cc1ccco1. The lowest BCUT2D eigenvalue weighted by Crippen LogP contribution is -2.34. The second-order valence-electron chi connectivity index (χ2n) is 6.36. The topological polar surface area (TPSA) is 107 Å². The molecule has 0 bridgehead atoms. The van der Waals surface area contributed by atoms with Crippen LogP contribution in [-0.4, -0.2) is 22.6 Å². The molecule has 4 rings (SSSR count). The maximum absolute atomic E-state index is 12.9. The van der Waals surface area contributed by atoms with Gasteiger partial charge in [-0.3, -0.25) is 10.1 Å². The second-order valence-corrected chi connectivity index (χ2v) is 6.36. The molecule has 0 fully saturated rings. The van der Waals surface area contributed by atoms with Crippen LogP contribution in [0.4, 0.5) is 16.2 Å². The van der Waals surface area contributed by atoms with Crippen molar-refractivity contribution in [3.63, 3.8) is 0 Å². The Hall–Kier alpha value is -4.01. The Morgan fingerprint density at radius 2 is 1.86 bits per heavy atom. The Bertz CT molecular complexity index is 1020. The van der Waals surface area contributed by atoms with Gasteiger partial charge in [-0.1, -0.05) is 6.07 Å². The Labute approximate surface area is 165 Å². The van der Waals surface area contributed by atoms with E-state index in [2.05, 4.69) is 5.32 Å². The molecule has 0 unspecified atom stereocenters. The number of rotatable bonds is 6. The van der Waals surface area contributed by atoms with Gasteiger partial charge in [-0.2, -0.15) is 0 Å². The van der Waals surface area contributed by atoms with E-state index in [-0.39, 0.29) is 25.1 Å². The zero-order chi connectivity index (χ0) is 20.2. The molecular weight excluding hydrogens is 378 g/mol. The van der Waals surface area contributed by atoms with Crippen LogP contribution in [-0.2, 0) is 13.1 Å². The molecule has 0 spiro atoms. The lowest BCUT2D eigenvalue weighted by molar-refractivity contribution is -0.384. The first-order valence-corrected chi connectivity index (χ1v) is 8.80. The van der Waals surface area contributed by atoms with Crippen LogP contribution in [0, 0.1) is 10.1 Å². The molecule has 2 amide bonds. The van der Waals surface area contributed by atoms with Crippen LogP contribution in [0.3, 0.4) is 0 Å². The van der Waals surface area contributed by atoms with Gasteiger partial charge in [-0.05, 0) is 42.0 Å². The summed E-state index contributed by atoms with van der Waals surface area (Å²) >= 11 is 0. The summed E-state index contributed by atoms with van der Waals surface area (Å²) in [7, 11) is 0. The van der Waals surface area contributed by atoms with Gasteiger partial charge < -0.3 is 24.1 Å². The first kappa shape index (κ1) is 18.4. The summed E-state index contributed by atoms with van der Waals surface area (Å²) in [6.07, 6.45) is 1.54. The zero-order valence-corrected chi connectivity index (χ0v) is 15.2. The lowest BCUT2D eigenvalue weighted by Gasteiger charge is -2.22. The molecule has 0 aliphatic carbocycles. The number of fused-ring (bicyclic) bond motifs is 1. The highest BCUT2D eigenvalue weighted by Gasteiger charge is 2.19. The van der Waals surface area contributed by atoms with E-state index in [4.69, 9.17) is 13.9 Å². The van der Waals surface area contributed by atoms with Gasteiger partial charge in [-0.15, -0.1) is 0 Å². The smallest absolute Gasteiger partial charge is 0.322 e. The molecule has 3 aromatic rings. The van der Waals surface area contributed by atoms with Crippen LogP contribution < -0.4 is 14.8 Å². The van der Waals surface area contributed by atoms with Crippen LogP contribution >= 0.6 is 0 Å². The summed E-state index contributed by atoms with van der Waals surface area (Å²) in [6.45, 7) is 0.728. The monoisotopic (exact) mass is 395 g/mol. The number of hydrogen-bond donors (Lipinski definition) is 1. The van der Waals surface area contributed by atoms with Crippen molar-refractivity contribution in [2.24, 2.45) is 0 Å². The van der Waals surface area contributed by atoms with E-state index < -0.39 is 4.92 Å². The Balaban J connectivity index is 1.51. The molecule has 1 aliphatic heterocycles. The quantitative estimate of drug-likeness (QED) is 0.496. The molecule has 2 aromatic carbocycles. The average Bonchev–Trinajstić information content (AvgIpc) is 3.39. The number of benzene rings is 2. The molecule has 9 heteroatoms. The molecule has 0 saturated heterocycles. The number of urea groups is 1. The highest BCUT2D eigenvalue weighted by Crippen LogP contribution is 2.33. The van der Waals surface area contributed by atoms with Crippen molar-refractivity contribution < 1.29 is 23.6 Å². The van der Waals surface area contributed by atoms with E-state index in [0.717, 1.165) is 5.56 Å². The van der Waals surface area contributed by atoms with Crippen molar-refractivity contribution in [2.45, 2.75) is 13.1 Å². The number of ether oxygens (including phenoxy) is 2. The van der Waals surface area contributed by atoms with Crippen molar-refractivity contribution in [2.75, 3.05) is 12.1 Å². The number of nitro groups is 1. The molecule has 1 aromatic heterocycles. The van der Waals surface area contributed by atoms with Crippen LogP contribution in [0.1, 0.15) is 11.3 Å². The Kier molecular flexibility index (Phi) is 5.02. The second kappa shape index (κ2) is 7.93. The van der Waals surface area contributed by atoms with E-state index in [1.807, 2.05) is 12.1 Å². The zero-order valence-electron chi connectivity index (χ0n) is 15.2. The first-order chi connectivity index (χ1) is 14.1. The number of nitro benzene ring substituents is 1. The molecule has 1 aliphatic rings. The number of carbonyl (C=O) groups excluding carboxylic acids is 1. The number of carbonyl (C=O) groups is 1. The van der Waals surface area contributed by atoms with E-state index in [9.17, 15) is 14.9 Å². The Morgan fingerprint density at radius 3 is 2.59 bits per heavy atom. The van der Waals surface area contributed by atoms with E-state index in [0.29, 0.717) is 29.5 Å². The fourth-order valence-corrected chi connectivity index (χ4v) is 2.92. The molecule has 0 radical (unpaired) electrons. The minimum absolute atomic E-state index is 0.0456. The number of anilines is 1. The Morgan fingerprint density at radius 1 is 1.07 bits per heavy atom. The maximum atomic E-state index is 12.9. The van der Waals surface area contributed by atoms with Gasteiger partial charge in [-0.25, -0.2) is 4.79 Å². The third-order valence-corrected chi connectivity index (χ3v) is 4.35. The van der Waals surface area contributed by atoms with Crippen molar-refractivity contribution in [1.82, 2.24) is 4.90 Å². The standard InChI is InChI=1S/C20H17N3O6/c24-20(21-15-4-6-16(7-5-15)23(25)26)22(12-17-2-1-9-27-17)11-14-3-8-18-19(10-14)29-13-28-18/h1-10H,11-13H2,(H,21,24). The minimum atomic E-state index is -0.492. The number of nitrogens with one attached hydrogen (secondary N) is 1. The predicted octanol–water partition coefficient (Wildman–Crippen LogP) is 4.15. The summed E-state index contributed by atoms with van der Waals surface area (Å²) in [5.41, 5.74) is 1.27. The summed E-state index contributed by atoms with van der Waals surface area (Å²) in [5.74, 6) is 1.93. The maximum Gasteiger partial charge on any atom is 0.322 e. The molecule has 0 atom stereocenters. The van der Waals surface area contributed by atoms with Crippen molar-refractivity contribution in [1.29, 1.82) is 0 Å². The molecular formula is C20H17N3O6. The number of hydrogen-bond acceptors (Lipinski definition) is 6. The summed E-state index contributed by atoms with van der Waals surface area (Å²) in [6, 6.07) is 14.3. The third kappa shape index (κ3) is 4.29. The number of amides is 2. The fourth-order valence-electron chi connectivity index (χ4n) is 2.92. The molecule has 29 heavy (non-hydrogen) atoms. The van der Waals surface area contributed by atoms with Crippen LogP contribution in [0.5, 0.6) is 11.5 Å². The predicted molar refractivity (Wildman–Crippen MR) is 103 cm³/mol. The van der Waals surface area contributed by atoms with Crippen LogP contribution in [0.25, 0.3) is 0 Å². The first-order valence-electron chi connectivity index (χ1n) is 8.80.